The van der Waals surface area contributed by atoms with E-state index in [2.05, 4.69) is 0 Å². The van der Waals surface area contributed by atoms with E-state index in [4.69, 9.17) is 4.74 Å². The number of para-hydroxylation sites is 1. The first-order valence-corrected chi connectivity index (χ1v) is 9.06. The molecule has 140 valence electrons. The predicted molar refractivity (Wildman–Crippen MR) is 98.2 cm³/mol. The van der Waals surface area contributed by atoms with E-state index in [1.807, 2.05) is 54.6 Å². The number of likely N-dealkylation sites (tertiary alicyclic amines) is 1. The Labute approximate surface area is 157 Å². The van der Waals surface area contributed by atoms with Gasteiger partial charge in [0.1, 0.15) is 11.3 Å². The second-order valence-electron chi connectivity index (χ2n) is 7.07. The second-order valence-corrected chi connectivity index (χ2v) is 7.07. The van der Waals surface area contributed by atoms with Crippen molar-refractivity contribution < 1.29 is 19.5 Å². The van der Waals surface area contributed by atoms with Gasteiger partial charge in [0.2, 0.25) is 5.91 Å². The van der Waals surface area contributed by atoms with Gasteiger partial charge in [0.15, 0.2) is 0 Å². The van der Waals surface area contributed by atoms with Crippen molar-refractivity contribution >= 4 is 11.8 Å². The van der Waals surface area contributed by atoms with Crippen LogP contribution in [0.1, 0.15) is 29.9 Å². The number of benzene rings is 2. The number of methoxy groups -OCH3 is 1. The van der Waals surface area contributed by atoms with Gasteiger partial charge in [-0.15, -0.1) is 0 Å². The monoisotopic (exact) mass is 366 g/mol. The number of carbonyl (C=O) groups is 2. The third-order valence-corrected chi connectivity index (χ3v) is 5.74. The van der Waals surface area contributed by atoms with Gasteiger partial charge in [-0.1, -0.05) is 48.5 Å². The summed E-state index contributed by atoms with van der Waals surface area (Å²) < 4.78 is 5.50. The maximum Gasteiger partial charge on any atom is 0.272 e. The van der Waals surface area contributed by atoms with Crippen molar-refractivity contribution in [1.82, 2.24) is 9.96 Å². The van der Waals surface area contributed by atoms with Gasteiger partial charge in [-0.2, -0.15) is 0 Å². The smallest absolute Gasteiger partial charge is 0.272 e. The summed E-state index contributed by atoms with van der Waals surface area (Å²) in [6.07, 6.45) is 0.676. The highest BCUT2D eigenvalue weighted by Crippen LogP contribution is 2.50. The van der Waals surface area contributed by atoms with Crippen LogP contribution < -0.4 is 4.74 Å². The van der Waals surface area contributed by atoms with Gasteiger partial charge < -0.3 is 9.64 Å². The summed E-state index contributed by atoms with van der Waals surface area (Å²) >= 11 is 0. The van der Waals surface area contributed by atoms with E-state index in [0.29, 0.717) is 18.7 Å². The van der Waals surface area contributed by atoms with Crippen molar-refractivity contribution in [1.29, 1.82) is 0 Å². The topological polar surface area (TPSA) is 70.1 Å². The number of amides is 2. The first kappa shape index (κ1) is 17.5. The molecule has 2 aliphatic heterocycles. The quantitative estimate of drug-likeness (QED) is 0.845. The number of hydrogen-bond donors (Lipinski definition) is 1. The Morgan fingerprint density at radius 3 is 2.56 bits per heavy atom. The van der Waals surface area contributed by atoms with Crippen LogP contribution in [0.2, 0.25) is 0 Å². The van der Waals surface area contributed by atoms with Crippen LogP contribution >= 0.6 is 0 Å². The molecule has 0 radical (unpaired) electrons. The van der Waals surface area contributed by atoms with Crippen molar-refractivity contribution in [2.24, 2.45) is 0 Å². The Morgan fingerprint density at radius 1 is 1.11 bits per heavy atom. The number of hydrogen-bond acceptors (Lipinski definition) is 4. The zero-order valence-corrected chi connectivity index (χ0v) is 15.2. The Kier molecular flexibility index (Phi) is 4.36. The van der Waals surface area contributed by atoms with Crippen molar-refractivity contribution in [3.63, 3.8) is 0 Å². The second kappa shape index (κ2) is 6.70. The standard InChI is InChI=1S/C21H22N2O4/c1-27-18-10-6-5-9-16(18)17-14-23(26)20(25)21(17)12-11-19(24)22(21)13-15-7-3-2-4-8-15/h2-10,17,26H,11-14H2,1H3/t17-,21-/m0/s1. The third kappa shape index (κ3) is 2.68. The molecule has 2 aromatic carbocycles. The van der Waals surface area contributed by atoms with Gasteiger partial charge in [-0.25, -0.2) is 5.06 Å². The summed E-state index contributed by atoms with van der Waals surface area (Å²) in [5.41, 5.74) is 0.698. The van der Waals surface area contributed by atoms with Crippen LogP contribution in [-0.2, 0) is 16.1 Å². The van der Waals surface area contributed by atoms with Gasteiger partial charge in [-0.3, -0.25) is 14.8 Å². The third-order valence-electron chi connectivity index (χ3n) is 5.74. The first-order valence-electron chi connectivity index (χ1n) is 9.06. The lowest BCUT2D eigenvalue weighted by Crippen LogP contribution is -2.53. The zero-order chi connectivity index (χ0) is 19.0. The van der Waals surface area contributed by atoms with Crippen molar-refractivity contribution in [2.75, 3.05) is 13.7 Å². The lowest BCUT2D eigenvalue weighted by Gasteiger charge is -2.38. The highest BCUT2D eigenvalue weighted by Gasteiger charge is 2.62. The van der Waals surface area contributed by atoms with E-state index in [0.717, 1.165) is 16.2 Å². The molecule has 1 spiro atoms. The maximum atomic E-state index is 13.1. The van der Waals surface area contributed by atoms with Gasteiger partial charge >= 0.3 is 0 Å². The Bertz CT molecular complexity index is 869. The molecule has 2 saturated heterocycles. The molecule has 1 N–H and O–H groups in total. The van der Waals surface area contributed by atoms with E-state index >= 15 is 0 Å². The highest BCUT2D eigenvalue weighted by atomic mass is 16.5. The molecular weight excluding hydrogens is 344 g/mol. The zero-order valence-electron chi connectivity index (χ0n) is 15.2. The summed E-state index contributed by atoms with van der Waals surface area (Å²) in [5, 5.41) is 11.1. The molecule has 27 heavy (non-hydrogen) atoms. The fourth-order valence-electron chi connectivity index (χ4n) is 4.46. The summed E-state index contributed by atoms with van der Waals surface area (Å²) in [6.45, 7) is 0.475. The van der Waals surface area contributed by atoms with E-state index in [1.165, 1.54) is 0 Å². The molecule has 2 fully saturated rings. The van der Waals surface area contributed by atoms with E-state index < -0.39 is 11.4 Å². The van der Waals surface area contributed by atoms with Crippen molar-refractivity contribution in [3.05, 3.63) is 65.7 Å². The molecular formula is C21H22N2O4. The number of nitrogens with zero attached hydrogens (tertiary/aromatic N) is 2. The lowest BCUT2D eigenvalue weighted by molar-refractivity contribution is -0.166. The molecule has 2 heterocycles. The minimum atomic E-state index is -1.09. The summed E-state index contributed by atoms with van der Waals surface area (Å²) in [6, 6.07) is 17.1. The van der Waals surface area contributed by atoms with Crippen molar-refractivity contribution in [3.8, 4) is 5.75 Å². The van der Waals surface area contributed by atoms with Gasteiger partial charge in [0, 0.05) is 24.4 Å². The fourth-order valence-corrected chi connectivity index (χ4v) is 4.46. The predicted octanol–water partition coefficient (Wildman–Crippen LogP) is 2.57. The first-order chi connectivity index (χ1) is 13.1. The Hall–Kier alpha value is -2.86. The molecule has 0 bridgehead atoms. The van der Waals surface area contributed by atoms with Crippen LogP contribution in [0.25, 0.3) is 0 Å². The molecule has 6 heteroatoms. The maximum absolute atomic E-state index is 13.1. The average molecular weight is 366 g/mol. The van der Waals surface area contributed by atoms with Crippen LogP contribution in [-0.4, -0.2) is 46.2 Å². The number of hydroxylamine groups is 2. The molecule has 6 nitrogen and oxygen atoms in total. The molecule has 0 unspecified atom stereocenters. The molecule has 2 aromatic rings. The minimum absolute atomic E-state index is 0.0672. The van der Waals surface area contributed by atoms with Crippen LogP contribution in [0, 0.1) is 0 Å². The summed E-state index contributed by atoms with van der Waals surface area (Å²) in [7, 11) is 1.58. The summed E-state index contributed by atoms with van der Waals surface area (Å²) in [4.78, 5) is 27.5. The molecule has 0 saturated carbocycles. The summed E-state index contributed by atoms with van der Waals surface area (Å²) in [5.74, 6) is -0.187. The SMILES string of the molecule is COc1ccccc1[C@@H]1CN(O)C(=O)[C@]12CCC(=O)N2Cc1ccccc1. The number of carbonyl (C=O) groups excluding carboxylic acids is 2. The molecule has 2 atom stereocenters. The highest BCUT2D eigenvalue weighted by molar-refractivity contribution is 5.97. The lowest BCUT2D eigenvalue weighted by atomic mass is 9.79. The van der Waals surface area contributed by atoms with Crippen LogP contribution in [0.3, 0.4) is 0 Å². The van der Waals surface area contributed by atoms with E-state index in [-0.39, 0.29) is 24.8 Å². The Morgan fingerprint density at radius 2 is 1.81 bits per heavy atom. The number of rotatable bonds is 4. The largest absolute Gasteiger partial charge is 0.496 e. The average Bonchev–Trinajstić information content (AvgIpc) is 3.15. The normalized spacial score (nSPS) is 24.9. The molecule has 0 aromatic heterocycles. The Balaban J connectivity index is 1.80. The van der Waals surface area contributed by atoms with Gasteiger partial charge in [0.05, 0.1) is 13.7 Å². The van der Waals surface area contributed by atoms with Crippen LogP contribution in [0.4, 0.5) is 0 Å². The van der Waals surface area contributed by atoms with E-state index in [9.17, 15) is 14.8 Å². The minimum Gasteiger partial charge on any atom is -0.496 e. The van der Waals surface area contributed by atoms with Crippen molar-refractivity contribution in [2.45, 2.75) is 30.8 Å². The molecule has 2 amide bonds. The molecule has 2 aliphatic rings. The fraction of sp³-hybridized carbons (Fsp3) is 0.333. The van der Waals surface area contributed by atoms with E-state index in [1.54, 1.807) is 12.0 Å². The molecule has 4 rings (SSSR count). The molecule has 0 aliphatic carbocycles. The van der Waals surface area contributed by atoms with Gasteiger partial charge in [0.25, 0.3) is 5.91 Å². The van der Waals surface area contributed by atoms with Crippen LogP contribution in [0.15, 0.2) is 54.6 Å². The van der Waals surface area contributed by atoms with Crippen LogP contribution in [0.5, 0.6) is 5.75 Å². The number of ether oxygens (including phenoxy) is 1. The van der Waals surface area contributed by atoms with Gasteiger partial charge in [-0.05, 0) is 18.1 Å².